The lowest BCUT2D eigenvalue weighted by molar-refractivity contribution is -0.150. The van der Waals surface area contributed by atoms with E-state index in [-0.39, 0.29) is 17.6 Å². The number of carbonyl (C=O) groups excluding carboxylic acids is 3. The van der Waals surface area contributed by atoms with Gasteiger partial charge in [0.15, 0.2) is 0 Å². The molecule has 25 heavy (non-hydrogen) atoms. The van der Waals surface area contributed by atoms with Gasteiger partial charge in [0, 0.05) is 17.6 Å². The first kappa shape index (κ1) is 18.9. The van der Waals surface area contributed by atoms with E-state index in [4.69, 9.17) is 9.47 Å². The molecule has 1 aliphatic heterocycles. The van der Waals surface area contributed by atoms with E-state index in [2.05, 4.69) is 19.7 Å². The zero-order valence-electron chi connectivity index (χ0n) is 14.2. The van der Waals surface area contributed by atoms with Crippen LogP contribution in [-0.2, 0) is 23.9 Å². The molecule has 1 saturated heterocycles. The normalized spacial score (nSPS) is 30.0. The van der Waals surface area contributed by atoms with Crippen LogP contribution >= 0.6 is 0 Å². The van der Waals surface area contributed by atoms with Crippen molar-refractivity contribution in [1.29, 1.82) is 0 Å². The summed E-state index contributed by atoms with van der Waals surface area (Å²) in [4.78, 5) is 35.4. The van der Waals surface area contributed by atoms with Crippen LogP contribution in [0.2, 0.25) is 0 Å². The molecule has 2 rings (SSSR count). The third kappa shape index (κ3) is 3.96. The average molecular weight is 346 g/mol. The first-order valence-corrected chi connectivity index (χ1v) is 8.02. The number of carbonyl (C=O) groups is 3. The molecule has 6 nitrogen and oxygen atoms in total. The Morgan fingerprint density at radius 2 is 2.12 bits per heavy atom. The molecule has 2 aliphatic rings. The van der Waals surface area contributed by atoms with Crippen molar-refractivity contribution in [3.05, 3.63) is 48.1 Å². The fourth-order valence-electron chi connectivity index (χ4n) is 3.02. The highest BCUT2D eigenvalue weighted by Gasteiger charge is 2.49. The summed E-state index contributed by atoms with van der Waals surface area (Å²) in [5.41, 5.74) is 1.20. The van der Waals surface area contributed by atoms with E-state index in [1.54, 1.807) is 6.08 Å². The van der Waals surface area contributed by atoms with Crippen molar-refractivity contribution in [1.82, 2.24) is 0 Å². The van der Waals surface area contributed by atoms with Gasteiger partial charge in [0.25, 0.3) is 0 Å². The summed E-state index contributed by atoms with van der Waals surface area (Å²) in [5.74, 6) is -2.08. The van der Waals surface area contributed by atoms with E-state index in [1.807, 2.05) is 0 Å². The molecule has 6 heteroatoms. The maximum Gasteiger partial charge on any atom is 0.334 e. The quantitative estimate of drug-likeness (QED) is 0.363. The predicted octanol–water partition coefficient (Wildman–Crippen LogP) is 1.80. The Morgan fingerprint density at radius 1 is 1.44 bits per heavy atom. The van der Waals surface area contributed by atoms with Gasteiger partial charge in [0.05, 0.1) is 5.92 Å². The number of hydrogen-bond donors (Lipinski definition) is 1. The predicted molar refractivity (Wildman–Crippen MR) is 90.3 cm³/mol. The number of esters is 2. The third-order valence-electron chi connectivity index (χ3n) is 4.46. The van der Waals surface area contributed by atoms with Crippen LogP contribution in [0.4, 0.5) is 0 Å². The minimum absolute atomic E-state index is 0.0958. The van der Waals surface area contributed by atoms with E-state index >= 15 is 0 Å². The molecule has 1 heterocycles. The largest absolute Gasteiger partial charge is 0.458 e. The van der Waals surface area contributed by atoms with Crippen LogP contribution in [-0.4, -0.2) is 41.6 Å². The minimum atomic E-state index is -1.11. The van der Waals surface area contributed by atoms with E-state index in [0.717, 1.165) is 0 Å². The lowest BCUT2D eigenvalue weighted by Crippen LogP contribution is -2.41. The topological polar surface area (TPSA) is 89.9 Å². The molecule has 0 aromatic heterocycles. The monoisotopic (exact) mass is 346 g/mol. The summed E-state index contributed by atoms with van der Waals surface area (Å²) in [6, 6.07) is 0. The number of hydrogen-bond acceptors (Lipinski definition) is 6. The molecule has 4 atom stereocenters. The molecule has 0 amide bonds. The van der Waals surface area contributed by atoms with Crippen LogP contribution in [0.25, 0.3) is 0 Å². The summed E-state index contributed by atoms with van der Waals surface area (Å²) in [5, 5.41) is 10.5. The number of aliphatic hydroxyl groups excluding tert-OH is 1. The summed E-state index contributed by atoms with van der Waals surface area (Å²) in [7, 11) is 0. The zero-order chi connectivity index (χ0) is 18.7. The standard InChI is InChI=1S/C19H22O6/c1-10(2)18(22)24-14-8-13(9-20)7-5-6-11(3)16(21)17-15(14)12(4)19(23)25-17/h7,9,14-17,21H,1,3-6,8H2,2H3. The maximum absolute atomic E-state index is 12.0. The van der Waals surface area contributed by atoms with Crippen LogP contribution in [0, 0.1) is 5.92 Å². The van der Waals surface area contributed by atoms with Crippen molar-refractivity contribution in [2.24, 2.45) is 5.92 Å². The minimum Gasteiger partial charge on any atom is -0.458 e. The number of aldehydes is 1. The van der Waals surface area contributed by atoms with Crippen molar-refractivity contribution < 1.29 is 29.0 Å². The molecule has 134 valence electrons. The van der Waals surface area contributed by atoms with Crippen LogP contribution in [0.15, 0.2) is 48.1 Å². The van der Waals surface area contributed by atoms with Crippen LogP contribution < -0.4 is 0 Å². The molecule has 4 unspecified atom stereocenters. The van der Waals surface area contributed by atoms with Crippen LogP contribution in [0.3, 0.4) is 0 Å². The van der Waals surface area contributed by atoms with Crippen LogP contribution in [0.1, 0.15) is 26.2 Å². The fourth-order valence-corrected chi connectivity index (χ4v) is 3.02. The van der Waals surface area contributed by atoms with Crippen molar-refractivity contribution in [3.8, 4) is 0 Å². The number of fused-ring (bicyclic) bond motifs is 1. The number of allylic oxidation sites excluding steroid dienone is 1. The molecular weight excluding hydrogens is 324 g/mol. The Hall–Kier alpha value is -2.47. The molecule has 1 fully saturated rings. The van der Waals surface area contributed by atoms with Gasteiger partial charge in [-0.3, -0.25) is 4.79 Å². The second-order valence-electron chi connectivity index (χ2n) is 6.39. The Morgan fingerprint density at radius 3 is 2.72 bits per heavy atom. The van der Waals surface area contributed by atoms with Gasteiger partial charge in [-0.2, -0.15) is 0 Å². The van der Waals surface area contributed by atoms with E-state index in [0.29, 0.717) is 30.3 Å². The molecule has 0 aromatic rings. The molecule has 0 aromatic carbocycles. The highest BCUT2D eigenvalue weighted by molar-refractivity contribution is 5.91. The smallest absolute Gasteiger partial charge is 0.334 e. The first-order valence-electron chi connectivity index (χ1n) is 8.02. The maximum atomic E-state index is 12.0. The number of aliphatic hydroxyl groups is 1. The van der Waals surface area contributed by atoms with Crippen molar-refractivity contribution in [2.45, 2.75) is 44.5 Å². The summed E-state index contributed by atoms with van der Waals surface area (Å²) in [6.07, 6.45) is 0.500. The lowest BCUT2D eigenvalue weighted by atomic mass is 9.82. The van der Waals surface area contributed by atoms with Gasteiger partial charge in [-0.15, -0.1) is 0 Å². The van der Waals surface area contributed by atoms with E-state index in [1.165, 1.54) is 6.92 Å². The molecule has 0 spiro atoms. The molecule has 1 aliphatic carbocycles. The fraction of sp³-hybridized carbons (Fsp3) is 0.421. The number of rotatable bonds is 3. The van der Waals surface area contributed by atoms with E-state index in [9.17, 15) is 19.5 Å². The molecule has 0 bridgehead atoms. The summed E-state index contributed by atoms with van der Waals surface area (Å²) >= 11 is 0. The van der Waals surface area contributed by atoms with Crippen molar-refractivity contribution in [2.75, 3.05) is 0 Å². The Kier molecular flexibility index (Phi) is 5.74. The second-order valence-corrected chi connectivity index (χ2v) is 6.39. The highest BCUT2D eigenvalue weighted by Crippen LogP contribution is 2.38. The summed E-state index contributed by atoms with van der Waals surface area (Å²) in [6.45, 7) is 12.6. The first-order chi connectivity index (χ1) is 11.8. The Bertz CT molecular complexity index is 671. The Balaban J connectivity index is 2.46. The molecule has 0 radical (unpaired) electrons. The Labute approximate surface area is 146 Å². The molecule has 1 N–H and O–H groups in total. The molecular formula is C19H22O6. The number of ether oxygens (including phenoxy) is 2. The van der Waals surface area contributed by atoms with Gasteiger partial charge in [0.2, 0.25) is 0 Å². The van der Waals surface area contributed by atoms with Gasteiger partial charge >= 0.3 is 11.9 Å². The zero-order valence-corrected chi connectivity index (χ0v) is 14.2. The second kappa shape index (κ2) is 7.61. The van der Waals surface area contributed by atoms with Gasteiger partial charge in [-0.05, 0) is 30.9 Å². The highest BCUT2D eigenvalue weighted by atomic mass is 16.6. The van der Waals surface area contributed by atoms with Crippen LogP contribution in [0.5, 0.6) is 0 Å². The van der Waals surface area contributed by atoms with Gasteiger partial charge in [-0.1, -0.05) is 25.8 Å². The van der Waals surface area contributed by atoms with Crippen molar-refractivity contribution >= 4 is 18.2 Å². The lowest BCUT2D eigenvalue weighted by Gasteiger charge is -2.31. The SMILES string of the molecule is C=C(C)C(=O)OC1CC(C=O)=CCCC(=C)C(O)C2OC(=O)C(=C)C12. The third-order valence-corrected chi connectivity index (χ3v) is 4.46. The van der Waals surface area contributed by atoms with Crippen molar-refractivity contribution in [3.63, 3.8) is 0 Å². The average Bonchev–Trinajstić information content (AvgIpc) is 2.86. The molecule has 0 saturated carbocycles. The van der Waals surface area contributed by atoms with Gasteiger partial charge in [0.1, 0.15) is 24.6 Å². The summed E-state index contributed by atoms with van der Waals surface area (Å²) < 4.78 is 10.7. The van der Waals surface area contributed by atoms with Gasteiger partial charge in [-0.25, -0.2) is 9.59 Å². The van der Waals surface area contributed by atoms with Gasteiger partial charge < -0.3 is 14.6 Å². The van der Waals surface area contributed by atoms with E-state index < -0.39 is 36.2 Å².